The van der Waals surface area contributed by atoms with Gasteiger partial charge in [-0.05, 0) is 25.5 Å². The van der Waals surface area contributed by atoms with Crippen molar-refractivity contribution in [2.24, 2.45) is 0 Å². The van der Waals surface area contributed by atoms with Gasteiger partial charge < -0.3 is 19.1 Å². The first-order chi connectivity index (χ1) is 18.1. The number of amides is 1. The lowest BCUT2D eigenvalue weighted by Gasteiger charge is -2.24. The van der Waals surface area contributed by atoms with Crippen molar-refractivity contribution in [3.8, 4) is 17.2 Å². The highest BCUT2D eigenvalue weighted by Gasteiger charge is 2.38. The summed E-state index contributed by atoms with van der Waals surface area (Å²) in [5.41, 5.74) is 0.437. The van der Waals surface area contributed by atoms with E-state index in [0.29, 0.717) is 40.9 Å². The molecule has 1 aliphatic rings. The first kappa shape index (κ1) is 27.7. The van der Waals surface area contributed by atoms with Gasteiger partial charge in [-0.3, -0.25) is 9.36 Å². The van der Waals surface area contributed by atoms with E-state index in [1.54, 1.807) is 34.7 Å². The van der Waals surface area contributed by atoms with Gasteiger partial charge in [0.25, 0.3) is 0 Å². The Morgan fingerprint density at radius 1 is 1.11 bits per heavy atom. The molecule has 3 atom stereocenters. The van der Waals surface area contributed by atoms with Crippen LogP contribution in [0.3, 0.4) is 0 Å². The van der Waals surface area contributed by atoms with E-state index in [9.17, 15) is 13.2 Å². The highest BCUT2D eigenvalue weighted by molar-refractivity contribution is 7.91. The SMILES string of the molecule is COc1cccc(OC)c1-n1c(CS(=O)(=O)[C@@H](C)[C@H](OC)c2ncc(Cl)cn2)nnc1[C@@H]1CCC(=O)N1C. The minimum Gasteiger partial charge on any atom is -0.494 e. The normalized spacial score (nSPS) is 17.5. The van der Waals surface area contributed by atoms with E-state index in [4.69, 9.17) is 25.8 Å². The molecule has 2 aromatic heterocycles. The fraction of sp³-hybridized carbons (Fsp3) is 0.458. The number of likely N-dealkylation sites (tertiary alicyclic amines) is 1. The van der Waals surface area contributed by atoms with Crippen LogP contribution in [-0.4, -0.2) is 77.6 Å². The molecule has 0 spiro atoms. The van der Waals surface area contributed by atoms with E-state index in [0.717, 1.165) is 0 Å². The Morgan fingerprint density at radius 3 is 2.26 bits per heavy atom. The number of carbonyl (C=O) groups is 1. The monoisotopic (exact) mass is 564 g/mol. The molecular weight excluding hydrogens is 536 g/mol. The number of aromatic nitrogens is 5. The van der Waals surface area contributed by atoms with Crippen molar-refractivity contribution in [1.29, 1.82) is 0 Å². The van der Waals surface area contributed by atoms with Crippen molar-refractivity contribution in [2.75, 3.05) is 28.4 Å². The molecule has 1 aliphatic heterocycles. The molecule has 0 saturated carbocycles. The summed E-state index contributed by atoms with van der Waals surface area (Å²) in [6, 6.07) is 4.80. The molecule has 38 heavy (non-hydrogen) atoms. The van der Waals surface area contributed by atoms with E-state index in [-0.39, 0.29) is 17.6 Å². The molecule has 14 heteroatoms. The maximum absolute atomic E-state index is 13.7. The van der Waals surface area contributed by atoms with Gasteiger partial charge in [-0.1, -0.05) is 17.7 Å². The van der Waals surface area contributed by atoms with E-state index < -0.39 is 33.0 Å². The Morgan fingerprint density at radius 2 is 1.74 bits per heavy atom. The Bertz CT molecular complexity index is 1390. The van der Waals surface area contributed by atoms with Gasteiger partial charge in [-0.15, -0.1) is 10.2 Å². The number of halogens is 1. The largest absolute Gasteiger partial charge is 0.494 e. The molecule has 0 bridgehead atoms. The molecule has 3 heterocycles. The molecule has 12 nitrogen and oxygen atoms in total. The average Bonchev–Trinajstić information content (AvgIpc) is 3.46. The van der Waals surface area contributed by atoms with Crippen molar-refractivity contribution in [3.63, 3.8) is 0 Å². The third-order valence-electron chi connectivity index (χ3n) is 6.64. The van der Waals surface area contributed by atoms with Crippen LogP contribution >= 0.6 is 11.6 Å². The van der Waals surface area contributed by atoms with E-state index in [1.807, 2.05) is 0 Å². The van der Waals surface area contributed by atoms with Crippen molar-refractivity contribution < 1.29 is 27.4 Å². The summed E-state index contributed by atoms with van der Waals surface area (Å²) in [7, 11) is 2.17. The van der Waals surface area contributed by atoms with Gasteiger partial charge in [0.1, 0.15) is 29.0 Å². The standard InChI is InChI=1S/C24H29ClN6O6S/c1-14(22(37-5)23-26-11-15(25)12-27-23)38(33,34)13-19-28-29-24(16-9-10-20(32)30(16)2)31(19)21-17(35-3)7-6-8-18(21)36-4/h6-8,11-12,14,16,22H,9-10,13H2,1-5H3/t14-,16-,22-/m0/s1. The van der Waals surface area contributed by atoms with Crippen LogP contribution in [0.2, 0.25) is 5.02 Å². The molecule has 0 unspecified atom stereocenters. The lowest BCUT2D eigenvalue weighted by molar-refractivity contribution is -0.127. The Hall–Kier alpha value is -3.29. The number of carbonyl (C=O) groups excluding carboxylic acids is 1. The maximum Gasteiger partial charge on any atom is 0.223 e. The maximum atomic E-state index is 13.7. The van der Waals surface area contributed by atoms with Crippen molar-refractivity contribution in [1.82, 2.24) is 29.6 Å². The van der Waals surface area contributed by atoms with Crippen LogP contribution in [0.4, 0.5) is 0 Å². The zero-order chi connectivity index (χ0) is 27.6. The number of rotatable bonds is 10. The Labute approximate surface area is 225 Å². The van der Waals surface area contributed by atoms with Crippen LogP contribution in [-0.2, 0) is 25.1 Å². The molecule has 1 aromatic carbocycles. The second kappa shape index (κ2) is 11.2. The number of methoxy groups -OCH3 is 3. The molecule has 204 valence electrons. The smallest absolute Gasteiger partial charge is 0.223 e. The van der Waals surface area contributed by atoms with E-state index >= 15 is 0 Å². The molecule has 1 saturated heterocycles. The molecule has 0 aliphatic carbocycles. The molecule has 4 rings (SSSR count). The first-order valence-corrected chi connectivity index (χ1v) is 13.8. The van der Waals surface area contributed by atoms with Crippen LogP contribution in [0, 0.1) is 0 Å². The minimum atomic E-state index is -3.91. The minimum absolute atomic E-state index is 0.0368. The molecule has 3 aromatic rings. The lowest BCUT2D eigenvalue weighted by Crippen LogP contribution is -2.30. The summed E-state index contributed by atoms with van der Waals surface area (Å²) < 4.78 is 45.7. The number of benzene rings is 1. The molecule has 0 N–H and O–H groups in total. The highest BCUT2D eigenvalue weighted by atomic mass is 35.5. The second-order valence-electron chi connectivity index (χ2n) is 8.81. The van der Waals surface area contributed by atoms with Crippen LogP contribution in [0.1, 0.15) is 49.4 Å². The Kier molecular flexibility index (Phi) is 8.19. The summed E-state index contributed by atoms with van der Waals surface area (Å²) in [4.78, 5) is 22.2. The summed E-state index contributed by atoms with van der Waals surface area (Å²) >= 11 is 5.89. The predicted octanol–water partition coefficient (Wildman–Crippen LogP) is 2.71. The number of sulfone groups is 1. The lowest BCUT2D eigenvalue weighted by atomic mass is 10.2. The van der Waals surface area contributed by atoms with Gasteiger partial charge >= 0.3 is 0 Å². The van der Waals surface area contributed by atoms with Crippen LogP contribution < -0.4 is 9.47 Å². The molecule has 1 fully saturated rings. The topological polar surface area (TPSA) is 139 Å². The van der Waals surface area contributed by atoms with Crippen LogP contribution in [0.25, 0.3) is 5.69 Å². The van der Waals surface area contributed by atoms with E-state index in [1.165, 1.54) is 40.6 Å². The summed E-state index contributed by atoms with van der Waals surface area (Å²) in [6.07, 6.45) is 2.66. The van der Waals surface area contributed by atoms with Gasteiger partial charge in [0.2, 0.25) is 5.91 Å². The summed E-state index contributed by atoms with van der Waals surface area (Å²) in [6.45, 7) is 1.52. The Balaban J connectivity index is 1.81. The van der Waals surface area contributed by atoms with Crippen molar-refractivity contribution >= 4 is 27.3 Å². The van der Waals surface area contributed by atoms with Gasteiger partial charge in [-0.2, -0.15) is 0 Å². The quantitative estimate of drug-likeness (QED) is 0.361. The third kappa shape index (κ3) is 5.18. The van der Waals surface area contributed by atoms with Crippen LogP contribution in [0.15, 0.2) is 30.6 Å². The number of nitrogens with zero attached hydrogens (tertiary/aromatic N) is 6. The van der Waals surface area contributed by atoms with Gasteiger partial charge in [0.05, 0.1) is 30.5 Å². The summed E-state index contributed by atoms with van der Waals surface area (Å²) in [5, 5.41) is 7.92. The average molecular weight is 565 g/mol. The summed E-state index contributed by atoms with van der Waals surface area (Å²) in [5.74, 6) is 1.05. The van der Waals surface area contributed by atoms with Crippen LogP contribution in [0.5, 0.6) is 11.5 Å². The highest BCUT2D eigenvalue weighted by Crippen LogP contribution is 2.39. The first-order valence-electron chi connectivity index (χ1n) is 11.8. The third-order valence-corrected chi connectivity index (χ3v) is 8.88. The number of para-hydroxylation sites is 1. The fourth-order valence-electron chi connectivity index (χ4n) is 4.52. The van der Waals surface area contributed by atoms with Gasteiger partial charge in [0.15, 0.2) is 27.3 Å². The molecule has 1 amide bonds. The van der Waals surface area contributed by atoms with Crippen molar-refractivity contribution in [3.05, 3.63) is 53.1 Å². The number of ether oxygens (including phenoxy) is 3. The molecule has 0 radical (unpaired) electrons. The van der Waals surface area contributed by atoms with Crippen molar-refractivity contribution in [2.45, 2.75) is 42.9 Å². The zero-order valence-corrected chi connectivity index (χ0v) is 23.2. The van der Waals surface area contributed by atoms with Gasteiger partial charge in [0, 0.05) is 33.0 Å². The zero-order valence-electron chi connectivity index (χ0n) is 21.7. The second-order valence-corrected chi connectivity index (χ2v) is 11.6. The fourth-order valence-corrected chi connectivity index (χ4v) is 6.03. The van der Waals surface area contributed by atoms with E-state index in [2.05, 4.69) is 20.2 Å². The predicted molar refractivity (Wildman–Crippen MR) is 138 cm³/mol. The van der Waals surface area contributed by atoms with Gasteiger partial charge in [-0.25, -0.2) is 18.4 Å². The number of hydrogen-bond acceptors (Lipinski definition) is 10. The molecular formula is C24H29ClN6O6S. The number of hydrogen-bond donors (Lipinski definition) is 0.